The van der Waals surface area contributed by atoms with Gasteiger partial charge in [-0.3, -0.25) is 4.79 Å². The quantitative estimate of drug-likeness (QED) is 0.375. The van der Waals surface area contributed by atoms with Crippen LogP contribution in [0.5, 0.6) is 0 Å². The second-order valence-electron chi connectivity index (χ2n) is 4.76. The zero-order valence-electron chi connectivity index (χ0n) is 11.8. The van der Waals surface area contributed by atoms with Gasteiger partial charge in [0, 0.05) is 19.1 Å². The molecule has 0 radical (unpaired) electrons. The third-order valence-electron chi connectivity index (χ3n) is 3.42. The maximum atomic E-state index is 10.8. The summed E-state index contributed by atoms with van der Waals surface area (Å²) in [7, 11) is 0. The lowest BCUT2D eigenvalue weighted by Gasteiger charge is -2.04. The minimum atomic E-state index is -0.240. The average molecular weight is 346 g/mol. The SMILES string of the molecule is CC(=O)OCC[n+]1cccc2c3ccccc3ccc21.[Br-]. The number of benzene rings is 2. The van der Waals surface area contributed by atoms with Crippen molar-refractivity contribution in [2.24, 2.45) is 0 Å². The van der Waals surface area contributed by atoms with Crippen molar-refractivity contribution in [3.8, 4) is 0 Å². The maximum absolute atomic E-state index is 10.8. The van der Waals surface area contributed by atoms with E-state index in [2.05, 4.69) is 41.0 Å². The summed E-state index contributed by atoms with van der Waals surface area (Å²) in [5, 5.41) is 3.69. The van der Waals surface area contributed by atoms with Gasteiger partial charge in [-0.25, -0.2) is 0 Å². The summed E-state index contributed by atoms with van der Waals surface area (Å²) in [6.45, 7) is 2.49. The average Bonchev–Trinajstić information content (AvgIpc) is 2.47. The summed E-state index contributed by atoms with van der Waals surface area (Å²) in [6.07, 6.45) is 2.01. The molecule has 1 aromatic heterocycles. The van der Waals surface area contributed by atoms with E-state index in [1.54, 1.807) is 0 Å². The van der Waals surface area contributed by atoms with Crippen LogP contribution in [0.4, 0.5) is 0 Å². The molecular weight excluding hydrogens is 330 g/mol. The van der Waals surface area contributed by atoms with E-state index >= 15 is 0 Å². The number of hydrogen-bond acceptors (Lipinski definition) is 2. The van der Waals surface area contributed by atoms with E-state index in [1.165, 1.54) is 23.1 Å². The van der Waals surface area contributed by atoms with Gasteiger partial charge in [-0.15, -0.1) is 0 Å². The van der Waals surface area contributed by atoms with Crippen LogP contribution in [-0.2, 0) is 16.1 Å². The zero-order chi connectivity index (χ0) is 13.9. The smallest absolute Gasteiger partial charge is 0.302 e. The van der Waals surface area contributed by atoms with Crippen molar-refractivity contribution in [1.82, 2.24) is 0 Å². The molecule has 3 rings (SSSR count). The van der Waals surface area contributed by atoms with E-state index in [1.807, 2.05) is 18.3 Å². The molecule has 0 unspecified atom stereocenters. The Balaban J connectivity index is 0.00000161. The number of rotatable bonds is 3. The fourth-order valence-corrected chi connectivity index (χ4v) is 2.52. The number of nitrogens with zero attached hydrogens (tertiary/aromatic N) is 1. The third-order valence-corrected chi connectivity index (χ3v) is 3.42. The highest BCUT2D eigenvalue weighted by atomic mass is 79.9. The van der Waals surface area contributed by atoms with Crippen LogP contribution in [0.2, 0.25) is 0 Å². The van der Waals surface area contributed by atoms with Crippen molar-refractivity contribution < 1.29 is 31.1 Å². The molecule has 108 valence electrons. The van der Waals surface area contributed by atoms with Gasteiger partial charge in [0.1, 0.15) is 0 Å². The van der Waals surface area contributed by atoms with Crippen molar-refractivity contribution in [3.05, 3.63) is 54.7 Å². The van der Waals surface area contributed by atoms with Crippen molar-refractivity contribution in [2.45, 2.75) is 13.5 Å². The molecule has 0 aliphatic carbocycles. The molecule has 0 fully saturated rings. The Morgan fingerprint density at radius 1 is 1.05 bits per heavy atom. The van der Waals surface area contributed by atoms with Crippen LogP contribution < -0.4 is 21.5 Å². The normalized spacial score (nSPS) is 10.3. The Kier molecular flexibility index (Phi) is 4.91. The van der Waals surface area contributed by atoms with Crippen LogP contribution in [0, 0.1) is 0 Å². The van der Waals surface area contributed by atoms with E-state index in [-0.39, 0.29) is 23.0 Å². The maximum Gasteiger partial charge on any atom is 0.302 e. The van der Waals surface area contributed by atoms with E-state index in [0.29, 0.717) is 13.2 Å². The number of pyridine rings is 1. The molecule has 21 heavy (non-hydrogen) atoms. The Bertz CT molecular complexity index is 786. The first-order chi connectivity index (χ1) is 9.75. The predicted molar refractivity (Wildman–Crippen MR) is 78.3 cm³/mol. The monoisotopic (exact) mass is 345 g/mol. The highest BCUT2D eigenvalue weighted by Gasteiger charge is 2.10. The van der Waals surface area contributed by atoms with Crippen molar-refractivity contribution in [2.75, 3.05) is 6.61 Å². The number of carbonyl (C=O) groups is 1. The first-order valence-corrected chi connectivity index (χ1v) is 6.69. The van der Waals surface area contributed by atoms with Crippen LogP contribution in [0.25, 0.3) is 21.7 Å². The Hall–Kier alpha value is -1.94. The van der Waals surface area contributed by atoms with Crippen LogP contribution >= 0.6 is 0 Å². The summed E-state index contributed by atoms with van der Waals surface area (Å²) >= 11 is 0. The number of hydrogen-bond donors (Lipinski definition) is 0. The molecule has 0 atom stereocenters. The van der Waals surface area contributed by atoms with Gasteiger partial charge in [-0.05, 0) is 22.9 Å². The molecule has 0 spiro atoms. The fraction of sp³-hybridized carbons (Fsp3) is 0.176. The highest BCUT2D eigenvalue weighted by Crippen LogP contribution is 2.22. The van der Waals surface area contributed by atoms with Crippen molar-refractivity contribution >= 4 is 27.6 Å². The van der Waals surface area contributed by atoms with Crippen LogP contribution in [0.1, 0.15) is 6.92 Å². The Labute approximate surface area is 133 Å². The Morgan fingerprint density at radius 2 is 1.81 bits per heavy atom. The molecule has 0 N–H and O–H groups in total. The van der Waals surface area contributed by atoms with E-state index in [4.69, 9.17) is 4.74 Å². The lowest BCUT2D eigenvalue weighted by atomic mass is 10.1. The summed E-state index contributed by atoms with van der Waals surface area (Å²) in [5.41, 5.74) is 1.15. The number of esters is 1. The number of aromatic nitrogens is 1. The first-order valence-electron chi connectivity index (χ1n) is 6.69. The predicted octanol–water partition coefficient (Wildman–Crippen LogP) is -0.152. The van der Waals surface area contributed by atoms with Gasteiger partial charge in [0.05, 0.1) is 5.39 Å². The van der Waals surface area contributed by atoms with Gasteiger partial charge in [-0.2, -0.15) is 4.57 Å². The van der Waals surface area contributed by atoms with Gasteiger partial charge in [0.2, 0.25) is 5.52 Å². The van der Waals surface area contributed by atoms with E-state index in [9.17, 15) is 4.79 Å². The van der Waals surface area contributed by atoms with E-state index in [0.717, 1.165) is 5.52 Å². The molecule has 0 amide bonds. The van der Waals surface area contributed by atoms with E-state index < -0.39 is 0 Å². The number of ether oxygens (including phenoxy) is 1. The van der Waals surface area contributed by atoms with Gasteiger partial charge >= 0.3 is 5.97 Å². The lowest BCUT2D eigenvalue weighted by Crippen LogP contribution is -3.00. The number of fused-ring (bicyclic) bond motifs is 3. The molecule has 1 heterocycles. The molecule has 2 aromatic carbocycles. The van der Waals surface area contributed by atoms with Gasteiger partial charge < -0.3 is 21.7 Å². The molecule has 0 bridgehead atoms. The summed E-state index contributed by atoms with van der Waals surface area (Å²) < 4.78 is 7.14. The van der Waals surface area contributed by atoms with Crippen LogP contribution in [0.3, 0.4) is 0 Å². The Morgan fingerprint density at radius 3 is 2.62 bits per heavy atom. The van der Waals surface area contributed by atoms with Gasteiger partial charge in [-0.1, -0.05) is 24.3 Å². The largest absolute Gasteiger partial charge is 1.00 e. The molecule has 0 aliphatic heterocycles. The standard InChI is InChI=1S/C17H16NO2.BrH/c1-13(19)20-12-11-18-10-4-7-16-15-6-3-2-5-14(15)8-9-17(16)18;/h2-10H,11-12H2,1H3;1H/q+1;/p-1. The summed E-state index contributed by atoms with van der Waals surface area (Å²) in [5.74, 6) is -0.240. The molecule has 0 saturated heterocycles. The fourth-order valence-electron chi connectivity index (χ4n) is 2.52. The second-order valence-corrected chi connectivity index (χ2v) is 4.76. The third kappa shape index (κ3) is 3.22. The van der Waals surface area contributed by atoms with Crippen LogP contribution in [-0.4, -0.2) is 12.6 Å². The molecular formula is C17H16BrNO2. The summed E-state index contributed by atoms with van der Waals surface area (Å²) in [6, 6.07) is 16.7. The molecule has 0 saturated carbocycles. The topological polar surface area (TPSA) is 30.2 Å². The molecule has 0 aliphatic rings. The zero-order valence-corrected chi connectivity index (χ0v) is 13.3. The minimum absolute atomic E-state index is 0. The van der Waals surface area contributed by atoms with Gasteiger partial charge in [0.25, 0.3) is 0 Å². The minimum Gasteiger partial charge on any atom is -1.00 e. The lowest BCUT2D eigenvalue weighted by molar-refractivity contribution is -0.672. The number of halogens is 1. The summed E-state index contributed by atoms with van der Waals surface area (Å²) in [4.78, 5) is 10.8. The first kappa shape index (κ1) is 15.4. The molecule has 3 aromatic rings. The molecule has 4 heteroatoms. The van der Waals surface area contributed by atoms with Gasteiger partial charge in [0.15, 0.2) is 19.3 Å². The molecule has 3 nitrogen and oxygen atoms in total. The van der Waals surface area contributed by atoms with Crippen molar-refractivity contribution in [1.29, 1.82) is 0 Å². The second kappa shape index (κ2) is 6.68. The van der Waals surface area contributed by atoms with Crippen molar-refractivity contribution in [3.63, 3.8) is 0 Å². The highest BCUT2D eigenvalue weighted by molar-refractivity contribution is 6.04. The van der Waals surface area contributed by atoms with Crippen LogP contribution in [0.15, 0.2) is 54.7 Å². The number of carbonyl (C=O) groups excluding carboxylic acids is 1.